The first-order valence-electron chi connectivity index (χ1n) is 14.9. The number of likely N-dealkylation sites (tertiary alicyclic amines) is 1. The Bertz CT molecular complexity index is 726. The Balaban J connectivity index is 1.17. The maximum absolute atomic E-state index is 12.4. The van der Waals surface area contributed by atoms with Gasteiger partial charge in [-0.05, 0) is 111 Å². The first-order valence-corrected chi connectivity index (χ1v) is 14.9. The molecule has 34 heavy (non-hydrogen) atoms. The molecular formula is C30H51NO3. The average molecular weight is 474 g/mol. The number of aliphatic hydroxyl groups is 1. The SMILES string of the molecule is CC[C@H]1CC2C3CCC(CCCOC(=O)N4CCC(CO)C4)C3(C)CC[C@@H]2C2(C)CCCCC12. The summed E-state index contributed by atoms with van der Waals surface area (Å²) < 4.78 is 5.64. The fraction of sp³-hybridized carbons (Fsp3) is 0.967. The molecule has 4 nitrogen and oxygen atoms in total. The Morgan fingerprint density at radius 1 is 1.00 bits per heavy atom. The highest BCUT2D eigenvalue weighted by Crippen LogP contribution is 2.69. The van der Waals surface area contributed by atoms with E-state index in [1.165, 1.54) is 70.6 Å². The van der Waals surface area contributed by atoms with E-state index in [2.05, 4.69) is 20.8 Å². The number of fused-ring (bicyclic) bond motifs is 5. The lowest BCUT2D eigenvalue weighted by molar-refractivity contribution is -0.135. The molecule has 1 aliphatic heterocycles. The van der Waals surface area contributed by atoms with Crippen LogP contribution >= 0.6 is 0 Å². The van der Waals surface area contributed by atoms with Crippen molar-refractivity contribution >= 4 is 6.09 Å². The van der Waals surface area contributed by atoms with Gasteiger partial charge in [-0.2, -0.15) is 0 Å². The number of carbonyl (C=O) groups is 1. The van der Waals surface area contributed by atoms with Crippen molar-refractivity contribution < 1.29 is 14.6 Å². The highest BCUT2D eigenvalue weighted by molar-refractivity contribution is 5.67. The van der Waals surface area contributed by atoms with Crippen molar-refractivity contribution in [3.8, 4) is 0 Å². The Morgan fingerprint density at radius 3 is 2.59 bits per heavy atom. The van der Waals surface area contributed by atoms with E-state index < -0.39 is 0 Å². The molecule has 4 heteroatoms. The van der Waals surface area contributed by atoms with Crippen molar-refractivity contribution in [2.24, 2.45) is 52.3 Å². The number of hydrogen-bond donors (Lipinski definition) is 1. The first-order chi connectivity index (χ1) is 16.4. The summed E-state index contributed by atoms with van der Waals surface area (Å²) in [6.07, 6.45) is 17.5. The van der Waals surface area contributed by atoms with E-state index in [-0.39, 0.29) is 18.6 Å². The first kappa shape index (κ1) is 24.9. The normalized spacial score (nSPS) is 46.0. The molecule has 5 fully saturated rings. The molecule has 7 unspecified atom stereocenters. The molecule has 1 saturated heterocycles. The molecule has 1 amide bonds. The van der Waals surface area contributed by atoms with E-state index in [1.54, 1.807) is 4.90 Å². The zero-order valence-corrected chi connectivity index (χ0v) is 22.3. The molecular weight excluding hydrogens is 422 g/mol. The van der Waals surface area contributed by atoms with Crippen LogP contribution in [0.2, 0.25) is 0 Å². The second-order valence-electron chi connectivity index (χ2n) is 13.5. The maximum atomic E-state index is 12.4. The number of ether oxygens (including phenoxy) is 1. The van der Waals surface area contributed by atoms with Gasteiger partial charge in [-0.3, -0.25) is 0 Å². The molecule has 0 aromatic heterocycles. The molecule has 194 valence electrons. The zero-order valence-electron chi connectivity index (χ0n) is 22.3. The van der Waals surface area contributed by atoms with Gasteiger partial charge in [-0.15, -0.1) is 0 Å². The minimum Gasteiger partial charge on any atom is -0.449 e. The van der Waals surface area contributed by atoms with E-state index >= 15 is 0 Å². The summed E-state index contributed by atoms with van der Waals surface area (Å²) in [5.41, 5.74) is 1.12. The number of hydrogen-bond acceptors (Lipinski definition) is 3. The van der Waals surface area contributed by atoms with Gasteiger partial charge in [0.1, 0.15) is 0 Å². The Morgan fingerprint density at radius 2 is 1.82 bits per heavy atom. The lowest BCUT2D eigenvalue weighted by atomic mass is 9.42. The lowest BCUT2D eigenvalue weighted by Gasteiger charge is -2.62. The molecule has 1 N–H and O–H groups in total. The van der Waals surface area contributed by atoms with Crippen LogP contribution in [-0.2, 0) is 4.74 Å². The topological polar surface area (TPSA) is 49.8 Å². The summed E-state index contributed by atoms with van der Waals surface area (Å²) >= 11 is 0. The monoisotopic (exact) mass is 473 g/mol. The van der Waals surface area contributed by atoms with Crippen molar-refractivity contribution in [2.75, 3.05) is 26.3 Å². The predicted octanol–water partition coefficient (Wildman–Crippen LogP) is 6.90. The Labute approximate surface area is 208 Å². The minimum absolute atomic E-state index is 0.171. The molecule has 5 rings (SSSR count). The maximum Gasteiger partial charge on any atom is 0.409 e. The third kappa shape index (κ3) is 4.22. The highest BCUT2D eigenvalue weighted by Gasteiger charge is 2.60. The third-order valence-electron chi connectivity index (χ3n) is 12.2. The van der Waals surface area contributed by atoms with Crippen molar-refractivity contribution in [1.29, 1.82) is 0 Å². The molecule has 0 radical (unpaired) electrons. The molecule has 0 aromatic carbocycles. The third-order valence-corrected chi connectivity index (χ3v) is 12.2. The summed E-state index contributed by atoms with van der Waals surface area (Å²) in [7, 11) is 0. The second kappa shape index (κ2) is 9.94. The lowest BCUT2D eigenvalue weighted by Crippen LogP contribution is -2.55. The van der Waals surface area contributed by atoms with Crippen LogP contribution in [0.3, 0.4) is 0 Å². The molecule has 5 aliphatic rings. The van der Waals surface area contributed by atoms with Crippen LogP contribution in [0.5, 0.6) is 0 Å². The molecule has 0 aromatic rings. The summed E-state index contributed by atoms with van der Waals surface area (Å²) in [5.74, 6) is 5.85. The van der Waals surface area contributed by atoms with Gasteiger partial charge in [0.25, 0.3) is 0 Å². The zero-order chi connectivity index (χ0) is 23.9. The fourth-order valence-corrected chi connectivity index (χ4v) is 10.3. The highest BCUT2D eigenvalue weighted by atomic mass is 16.6. The molecule has 9 atom stereocenters. The van der Waals surface area contributed by atoms with Crippen LogP contribution in [0.25, 0.3) is 0 Å². The number of carbonyl (C=O) groups excluding carboxylic acids is 1. The molecule has 0 bridgehead atoms. The van der Waals surface area contributed by atoms with E-state index in [0.29, 0.717) is 24.0 Å². The van der Waals surface area contributed by atoms with Crippen LogP contribution in [0, 0.1) is 52.3 Å². The van der Waals surface area contributed by atoms with Crippen LogP contribution in [0.1, 0.15) is 104 Å². The van der Waals surface area contributed by atoms with E-state index in [4.69, 9.17) is 4.74 Å². The molecule has 0 spiro atoms. The Kier molecular flexibility index (Phi) is 7.28. The summed E-state index contributed by atoms with van der Waals surface area (Å²) in [6, 6.07) is 0. The van der Waals surface area contributed by atoms with Crippen molar-refractivity contribution in [1.82, 2.24) is 4.90 Å². The summed E-state index contributed by atoms with van der Waals surface area (Å²) in [5, 5.41) is 9.31. The quantitative estimate of drug-likeness (QED) is 0.427. The number of rotatable bonds is 6. The summed E-state index contributed by atoms with van der Waals surface area (Å²) in [4.78, 5) is 14.2. The van der Waals surface area contributed by atoms with Crippen LogP contribution < -0.4 is 0 Å². The minimum atomic E-state index is -0.171. The Hall–Kier alpha value is -0.770. The van der Waals surface area contributed by atoms with Gasteiger partial charge < -0.3 is 14.7 Å². The number of aliphatic hydroxyl groups excluding tert-OH is 1. The van der Waals surface area contributed by atoms with Crippen LogP contribution in [-0.4, -0.2) is 42.4 Å². The van der Waals surface area contributed by atoms with Gasteiger partial charge in [-0.1, -0.05) is 40.0 Å². The smallest absolute Gasteiger partial charge is 0.409 e. The number of amides is 1. The van der Waals surface area contributed by atoms with Crippen molar-refractivity contribution in [2.45, 2.75) is 104 Å². The molecule has 1 heterocycles. The van der Waals surface area contributed by atoms with Gasteiger partial charge in [-0.25, -0.2) is 4.79 Å². The molecule has 4 aliphatic carbocycles. The van der Waals surface area contributed by atoms with Gasteiger partial charge >= 0.3 is 6.09 Å². The standard InChI is InChI=1S/C30H51NO3/c1-4-22-18-24-26-11-10-23(8-7-17-34-28(33)31-16-13-21(19-31)20-32)29(26,2)15-12-27(24)30(3)14-6-5-9-25(22)30/h21-27,32H,4-20H2,1-3H3/t21?,22-,23?,24?,25?,26?,27-,29?,30?/m0/s1. The van der Waals surface area contributed by atoms with Gasteiger partial charge in [0.2, 0.25) is 0 Å². The van der Waals surface area contributed by atoms with E-state index in [1.807, 2.05) is 0 Å². The van der Waals surface area contributed by atoms with Crippen molar-refractivity contribution in [3.05, 3.63) is 0 Å². The average Bonchev–Trinajstić information content (AvgIpc) is 3.45. The number of nitrogens with zero attached hydrogens (tertiary/aromatic N) is 1. The van der Waals surface area contributed by atoms with Crippen LogP contribution in [0.15, 0.2) is 0 Å². The summed E-state index contributed by atoms with van der Waals surface area (Å²) in [6.45, 7) is 9.93. The van der Waals surface area contributed by atoms with Crippen LogP contribution in [0.4, 0.5) is 4.79 Å². The predicted molar refractivity (Wildman–Crippen MR) is 136 cm³/mol. The molecule has 4 saturated carbocycles. The van der Waals surface area contributed by atoms with Gasteiger partial charge in [0.05, 0.1) is 6.61 Å². The van der Waals surface area contributed by atoms with Gasteiger partial charge in [0, 0.05) is 25.6 Å². The van der Waals surface area contributed by atoms with Gasteiger partial charge in [0.15, 0.2) is 0 Å². The van der Waals surface area contributed by atoms with Crippen molar-refractivity contribution in [3.63, 3.8) is 0 Å². The largest absolute Gasteiger partial charge is 0.449 e. The second-order valence-corrected chi connectivity index (χ2v) is 13.5. The van der Waals surface area contributed by atoms with E-state index in [9.17, 15) is 9.90 Å². The fourth-order valence-electron chi connectivity index (χ4n) is 10.3. The van der Waals surface area contributed by atoms with E-state index in [0.717, 1.165) is 54.9 Å².